The summed E-state index contributed by atoms with van der Waals surface area (Å²) in [5.41, 5.74) is 0.0827. The van der Waals surface area contributed by atoms with Gasteiger partial charge in [0.1, 0.15) is 5.56 Å². The Bertz CT molecular complexity index is 287. The number of aromatic carboxylic acids is 1. The summed E-state index contributed by atoms with van der Waals surface area (Å²) in [6.45, 7) is 0. The van der Waals surface area contributed by atoms with Crippen LogP contribution in [-0.4, -0.2) is 18.2 Å². The highest BCUT2D eigenvalue weighted by Gasteiger charge is 2.09. The molecular formula is C8H9FO4. The van der Waals surface area contributed by atoms with Gasteiger partial charge < -0.3 is 9.99 Å². The lowest BCUT2D eigenvalue weighted by Gasteiger charge is -2.03. The maximum atomic E-state index is 10.6. The van der Waals surface area contributed by atoms with E-state index in [-0.39, 0.29) is 16.0 Å². The first-order chi connectivity index (χ1) is 5.75. The molecule has 0 spiro atoms. The Hall–Kier alpha value is -1.62. The van der Waals surface area contributed by atoms with Crippen molar-refractivity contribution in [2.45, 2.75) is 0 Å². The van der Waals surface area contributed by atoms with Crippen molar-refractivity contribution in [3.63, 3.8) is 0 Å². The van der Waals surface area contributed by atoms with E-state index in [1.165, 1.54) is 19.2 Å². The maximum Gasteiger partial charge on any atom is 0.339 e. The second-order valence-electron chi connectivity index (χ2n) is 2.05. The minimum absolute atomic E-state index is 0. The monoisotopic (exact) mass is 188 g/mol. The molecule has 1 aromatic carbocycles. The molecule has 0 aliphatic heterocycles. The molecular weight excluding hydrogens is 179 g/mol. The first-order valence-electron chi connectivity index (χ1n) is 3.28. The summed E-state index contributed by atoms with van der Waals surface area (Å²) in [4.78, 5) is 19.5. The quantitative estimate of drug-likeness (QED) is 0.576. The number of hydrogen-bond donors (Lipinski definition) is 1. The normalized spacial score (nSPS) is 8.69. The molecule has 0 unspecified atom stereocenters. The van der Waals surface area contributed by atoms with E-state index in [1.807, 2.05) is 0 Å². The number of benzene rings is 1. The number of hydrogen-bond acceptors (Lipinski definition) is 3. The van der Waals surface area contributed by atoms with Gasteiger partial charge in [0.15, 0.2) is 5.75 Å². The Morgan fingerprint density at radius 1 is 1.38 bits per heavy atom. The summed E-state index contributed by atoms with van der Waals surface area (Å²) in [7, 11) is 1.32. The molecule has 72 valence electrons. The molecule has 0 saturated heterocycles. The predicted molar refractivity (Wildman–Crippen MR) is 43.5 cm³/mol. The number of halogens is 1. The van der Waals surface area contributed by atoms with Crippen LogP contribution in [0.4, 0.5) is 4.70 Å². The fourth-order valence-corrected chi connectivity index (χ4v) is 0.806. The average Bonchev–Trinajstić information content (AvgIpc) is 2.05. The zero-order valence-corrected chi connectivity index (χ0v) is 6.89. The summed E-state index contributed by atoms with van der Waals surface area (Å²) in [5, 5.41) is 8.66. The third-order valence-corrected chi connectivity index (χ3v) is 1.29. The van der Waals surface area contributed by atoms with Gasteiger partial charge in [-0.05, 0) is 12.1 Å². The Labute approximate surface area is 74.0 Å². The van der Waals surface area contributed by atoms with Gasteiger partial charge in [-0.25, -0.2) is 4.79 Å². The van der Waals surface area contributed by atoms with E-state index in [0.717, 1.165) is 0 Å². The first kappa shape index (κ1) is 11.4. The zero-order valence-electron chi connectivity index (χ0n) is 6.89. The van der Waals surface area contributed by atoms with Crippen molar-refractivity contribution in [3.05, 3.63) is 29.8 Å². The van der Waals surface area contributed by atoms with Gasteiger partial charge in [0, 0.05) is 0 Å². The summed E-state index contributed by atoms with van der Waals surface area (Å²) in [5.74, 6) is -0.838. The van der Waals surface area contributed by atoms with E-state index < -0.39 is 5.97 Å². The molecule has 0 aliphatic carbocycles. The van der Waals surface area contributed by atoms with Crippen molar-refractivity contribution in [3.8, 4) is 5.75 Å². The van der Waals surface area contributed by atoms with E-state index in [4.69, 9.17) is 5.11 Å². The maximum absolute atomic E-state index is 10.6. The van der Waals surface area contributed by atoms with Crippen LogP contribution < -0.4 is 4.89 Å². The Morgan fingerprint density at radius 2 is 2.00 bits per heavy atom. The van der Waals surface area contributed by atoms with Crippen LogP contribution in [0.2, 0.25) is 0 Å². The number of carboxylic acid groups (broad SMARTS) is 1. The molecule has 5 heteroatoms. The van der Waals surface area contributed by atoms with Crippen molar-refractivity contribution in [1.29, 1.82) is 0 Å². The second-order valence-corrected chi connectivity index (χ2v) is 2.05. The lowest BCUT2D eigenvalue weighted by atomic mass is 10.2. The minimum Gasteiger partial charge on any atom is -0.478 e. The minimum atomic E-state index is -1.04. The summed E-state index contributed by atoms with van der Waals surface area (Å²) < 4.78 is 0. The largest absolute Gasteiger partial charge is 0.478 e. The molecule has 0 bridgehead atoms. The predicted octanol–water partition coefficient (Wildman–Crippen LogP) is 1.48. The van der Waals surface area contributed by atoms with Gasteiger partial charge in [-0.1, -0.05) is 12.1 Å². The van der Waals surface area contributed by atoms with E-state index in [0.29, 0.717) is 0 Å². The highest BCUT2D eigenvalue weighted by Crippen LogP contribution is 2.17. The van der Waals surface area contributed by atoms with Gasteiger partial charge in [0.05, 0.1) is 7.11 Å². The van der Waals surface area contributed by atoms with Gasteiger partial charge in [0.2, 0.25) is 0 Å². The molecule has 1 rings (SSSR count). The fourth-order valence-electron chi connectivity index (χ4n) is 0.806. The summed E-state index contributed by atoms with van der Waals surface area (Å²) >= 11 is 0. The molecule has 0 aromatic heterocycles. The van der Waals surface area contributed by atoms with Gasteiger partial charge >= 0.3 is 5.97 Å². The van der Waals surface area contributed by atoms with Crippen molar-refractivity contribution < 1.29 is 24.4 Å². The number of rotatable bonds is 3. The van der Waals surface area contributed by atoms with Gasteiger partial charge in [-0.2, -0.15) is 4.89 Å². The third kappa shape index (κ3) is 2.72. The van der Waals surface area contributed by atoms with Crippen LogP contribution >= 0.6 is 0 Å². The second kappa shape index (κ2) is 5.10. The van der Waals surface area contributed by atoms with E-state index in [9.17, 15) is 4.79 Å². The highest BCUT2D eigenvalue weighted by atomic mass is 19.0. The van der Waals surface area contributed by atoms with Crippen molar-refractivity contribution in [1.82, 2.24) is 0 Å². The van der Waals surface area contributed by atoms with Crippen LogP contribution in [0.1, 0.15) is 10.4 Å². The van der Waals surface area contributed by atoms with Crippen molar-refractivity contribution in [2.24, 2.45) is 0 Å². The van der Waals surface area contributed by atoms with Crippen LogP contribution in [0.5, 0.6) is 5.75 Å². The SMILES string of the molecule is COOc1ccccc1C(=O)O.F. The Kier molecular flexibility index (Phi) is 4.47. The summed E-state index contributed by atoms with van der Waals surface area (Å²) in [6, 6.07) is 6.25. The molecule has 0 fully saturated rings. The topological polar surface area (TPSA) is 55.8 Å². The van der Waals surface area contributed by atoms with Crippen molar-refractivity contribution in [2.75, 3.05) is 7.11 Å². The van der Waals surface area contributed by atoms with Gasteiger partial charge in [-0.15, -0.1) is 0 Å². The zero-order chi connectivity index (χ0) is 8.97. The Morgan fingerprint density at radius 3 is 2.54 bits per heavy atom. The molecule has 0 atom stereocenters. The first-order valence-corrected chi connectivity index (χ1v) is 3.28. The van der Waals surface area contributed by atoms with Crippen LogP contribution in [0.3, 0.4) is 0 Å². The lowest BCUT2D eigenvalue weighted by Crippen LogP contribution is -2.01. The molecule has 0 aliphatic rings. The average molecular weight is 188 g/mol. The van der Waals surface area contributed by atoms with Crippen LogP contribution in [0, 0.1) is 0 Å². The van der Waals surface area contributed by atoms with E-state index in [1.54, 1.807) is 12.1 Å². The van der Waals surface area contributed by atoms with Crippen LogP contribution in [0.25, 0.3) is 0 Å². The van der Waals surface area contributed by atoms with E-state index in [2.05, 4.69) is 9.78 Å². The highest BCUT2D eigenvalue weighted by molar-refractivity contribution is 5.90. The van der Waals surface area contributed by atoms with Crippen molar-refractivity contribution >= 4 is 5.97 Å². The number of para-hydroxylation sites is 1. The van der Waals surface area contributed by atoms with Gasteiger partial charge in [0.25, 0.3) is 0 Å². The molecule has 4 nitrogen and oxygen atoms in total. The molecule has 0 saturated carbocycles. The van der Waals surface area contributed by atoms with Crippen LogP contribution in [-0.2, 0) is 4.89 Å². The number of carboxylic acids is 1. The molecule has 1 aromatic rings. The van der Waals surface area contributed by atoms with Gasteiger partial charge in [-0.3, -0.25) is 4.70 Å². The molecule has 13 heavy (non-hydrogen) atoms. The molecule has 1 N–H and O–H groups in total. The summed E-state index contributed by atoms with van der Waals surface area (Å²) in [6.07, 6.45) is 0. The third-order valence-electron chi connectivity index (χ3n) is 1.29. The fraction of sp³-hybridized carbons (Fsp3) is 0.125. The lowest BCUT2D eigenvalue weighted by molar-refractivity contribution is -0.178. The Balaban J connectivity index is 0.00000144. The van der Waals surface area contributed by atoms with E-state index >= 15 is 0 Å². The molecule has 0 amide bonds. The molecule has 0 heterocycles. The molecule has 0 radical (unpaired) electrons. The van der Waals surface area contributed by atoms with Crippen LogP contribution in [0.15, 0.2) is 24.3 Å². The number of carbonyl (C=O) groups is 1. The smallest absolute Gasteiger partial charge is 0.339 e. The standard InChI is InChI=1S/C8H8O4.FH/c1-11-12-7-5-3-2-4-6(7)8(9)10;/h2-5H,1H3,(H,9,10);1H.